The molecule has 4 N–H and O–H groups in total. The molecule has 250 valence electrons. The molecule has 10 nitrogen and oxygen atoms in total. The second-order valence-corrected chi connectivity index (χ2v) is 14.2. The van der Waals surface area contributed by atoms with Crippen LogP contribution in [0.4, 0.5) is 11.4 Å². The van der Waals surface area contributed by atoms with E-state index < -0.39 is 34.2 Å². The Morgan fingerprint density at radius 1 is 0.938 bits per heavy atom. The molecule has 4 aromatic carbocycles. The second kappa shape index (κ2) is 14.3. The van der Waals surface area contributed by atoms with E-state index in [0.29, 0.717) is 11.6 Å². The minimum Gasteiger partial charge on any atom is -0.507 e. The lowest BCUT2D eigenvalue weighted by Crippen LogP contribution is -2.41. The summed E-state index contributed by atoms with van der Waals surface area (Å²) in [5.41, 5.74) is 11.2. The number of piperidine rings is 1. The molecule has 5 rings (SSSR count). The number of carbonyl (C=O) groups excluding carboxylic acids is 1. The number of anilines is 2. The van der Waals surface area contributed by atoms with E-state index in [1.807, 2.05) is 31.2 Å². The standard InChI is InChI=1S/C37H40N4O6S/c1-25-4-15-33(16-5-25)48(46,47)39(3)24-36(43)41(32-14-17-34(37(44)45)35(42)22-32)23-27-6-8-29(9-7-27)30-18-20-40(21-19-30)31-12-10-28(11-13-31)26(2)38/h4-17,22,30,42H,2,18-21,23-24,38H2,1,3H3,(H,44,45). The molecule has 0 aliphatic carbocycles. The van der Waals surface area contributed by atoms with Crippen LogP contribution >= 0.6 is 0 Å². The van der Waals surface area contributed by atoms with Crippen molar-refractivity contribution >= 4 is 39.0 Å². The third-order valence-electron chi connectivity index (χ3n) is 8.80. The third kappa shape index (κ3) is 7.70. The lowest BCUT2D eigenvalue weighted by Gasteiger charge is -2.34. The number of aromatic carboxylic acids is 1. The third-order valence-corrected chi connectivity index (χ3v) is 10.6. The van der Waals surface area contributed by atoms with Crippen molar-refractivity contribution in [1.82, 2.24) is 4.31 Å². The largest absolute Gasteiger partial charge is 0.507 e. The number of hydrogen-bond donors (Lipinski definition) is 3. The van der Waals surface area contributed by atoms with Gasteiger partial charge in [-0.15, -0.1) is 0 Å². The number of aromatic hydroxyl groups is 1. The van der Waals surface area contributed by atoms with Crippen molar-refractivity contribution in [2.45, 2.75) is 37.1 Å². The molecular weight excluding hydrogens is 628 g/mol. The van der Waals surface area contributed by atoms with Gasteiger partial charge in [-0.2, -0.15) is 4.31 Å². The summed E-state index contributed by atoms with van der Waals surface area (Å²) in [6.45, 7) is 7.07. The molecule has 1 fully saturated rings. The van der Waals surface area contributed by atoms with E-state index in [-0.39, 0.29) is 22.7 Å². The Kier molecular flexibility index (Phi) is 10.2. The van der Waals surface area contributed by atoms with E-state index >= 15 is 0 Å². The van der Waals surface area contributed by atoms with Gasteiger partial charge in [0.05, 0.1) is 18.0 Å². The number of hydrogen-bond acceptors (Lipinski definition) is 7. The van der Waals surface area contributed by atoms with Gasteiger partial charge in [-0.05, 0) is 78.8 Å². The summed E-state index contributed by atoms with van der Waals surface area (Å²) < 4.78 is 27.5. The molecule has 1 saturated heterocycles. The van der Waals surface area contributed by atoms with E-state index in [4.69, 9.17) is 5.73 Å². The Bertz CT molecular complexity index is 1900. The van der Waals surface area contributed by atoms with E-state index in [1.165, 1.54) is 47.8 Å². The molecule has 0 unspecified atom stereocenters. The van der Waals surface area contributed by atoms with Crippen LogP contribution in [-0.2, 0) is 21.4 Å². The zero-order valence-corrected chi connectivity index (χ0v) is 27.9. The number of phenols is 1. The summed E-state index contributed by atoms with van der Waals surface area (Å²) >= 11 is 0. The predicted octanol–water partition coefficient (Wildman–Crippen LogP) is 5.57. The van der Waals surface area contributed by atoms with Gasteiger partial charge < -0.3 is 25.7 Å². The molecule has 0 aromatic heterocycles. The molecule has 1 aliphatic heterocycles. The minimum absolute atomic E-state index is 0.0654. The van der Waals surface area contributed by atoms with Gasteiger partial charge in [-0.25, -0.2) is 13.2 Å². The summed E-state index contributed by atoms with van der Waals surface area (Å²) in [5.74, 6) is -1.98. The molecule has 1 heterocycles. The highest BCUT2D eigenvalue weighted by molar-refractivity contribution is 7.89. The van der Waals surface area contributed by atoms with Crippen LogP contribution in [0, 0.1) is 6.92 Å². The monoisotopic (exact) mass is 668 g/mol. The second-order valence-electron chi connectivity index (χ2n) is 12.1. The van der Waals surface area contributed by atoms with Gasteiger partial charge in [-0.1, -0.05) is 60.7 Å². The minimum atomic E-state index is -3.96. The van der Waals surface area contributed by atoms with Crippen molar-refractivity contribution in [2.75, 3.05) is 36.5 Å². The molecule has 4 aromatic rings. The van der Waals surface area contributed by atoms with Gasteiger partial charge in [-0.3, -0.25) is 4.79 Å². The number of sulfonamides is 1. The maximum Gasteiger partial charge on any atom is 0.339 e. The lowest BCUT2D eigenvalue weighted by atomic mass is 9.88. The Balaban J connectivity index is 1.31. The Labute approximate surface area is 281 Å². The molecule has 48 heavy (non-hydrogen) atoms. The van der Waals surface area contributed by atoms with Crippen LogP contribution in [0.15, 0.2) is 102 Å². The number of amides is 1. The number of nitrogens with two attached hydrogens (primary N) is 1. The molecule has 0 radical (unpaired) electrons. The Hall–Kier alpha value is -5.13. The van der Waals surface area contributed by atoms with Crippen molar-refractivity contribution in [3.63, 3.8) is 0 Å². The fourth-order valence-corrected chi connectivity index (χ4v) is 7.00. The number of likely N-dealkylation sites (N-methyl/N-ethyl adjacent to an activating group) is 1. The molecular formula is C37H40N4O6S. The van der Waals surface area contributed by atoms with E-state index in [2.05, 4.69) is 35.7 Å². The normalized spacial score (nSPS) is 13.8. The summed E-state index contributed by atoms with van der Waals surface area (Å²) in [5, 5.41) is 19.8. The van der Waals surface area contributed by atoms with Crippen LogP contribution in [0.3, 0.4) is 0 Å². The molecule has 0 bridgehead atoms. The first kappa shape index (κ1) is 34.2. The van der Waals surface area contributed by atoms with Crippen molar-refractivity contribution < 1.29 is 28.2 Å². The Morgan fingerprint density at radius 2 is 1.56 bits per heavy atom. The molecule has 0 spiro atoms. The molecule has 11 heteroatoms. The number of benzene rings is 4. The van der Waals surface area contributed by atoms with E-state index in [1.54, 1.807) is 12.1 Å². The van der Waals surface area contributed by atoms with Crippen LogP contribution in [0.1, 0.15) is 51.4 Å². The van der Waals surface area contributed by atoms with Crippen LogP contribution < -0.4 is 15.5 Å². The first-order valence-corrected chi connectivity index (χ1v) is 17.1. The predicted molar refractivity (Wildman–Crippen MR) is 188 cm³/mol. The zero-order chi connectivity index (χ0) is 34.6. The number of aryl methyl sites for hydroxylation is 1. The first-order chi connectivity index (χ1) is 22.8. The summed E-state index contributed by atoms with van der Waals surface area (Å²) in [6, 6.07) is 26.3. The van der Waals surface area contributed by atoms with Gasteiger partial charge in [0.1, 0.15) is 11.3 Å². The fraction of sp³-hybridized carbons (Fsp3) is 0.243. The van der Waals surface area contributed by atoms with E-state index in [9.17, 15) is 28.2 Å². The van der Waals surface area contributed by atoms with E-state index in [0.717, 1.165) is 52.6 Å². The highest BCUT2D eigenvalue weighted by Crippen LogP contribution is 2.32. The smallest absolute Gasteiger partial charge is 0.339 e. The molecule has 1 amide bonds. The average molecular weight is 669 g/mol. The highest BCUT2D eigenvalue weighted by Gasteiger charge is 2.27. The average Bonchev–Trinajstić information content (AvgIpc) is 3.07. The topological polar surface area (TPSA) is 144 Å². The lowest BCUT2D eigenvalue weighted by molar-refractivity contribution is -0.118. The van der Waals surface area contributed by atoms with Gasteiger partial charge in [0.2, 0.25) is 15.9 Å². The van der Waals surface area contributed by atoms with Gasteiger partial charge in [0.15, 0.2) is 0 Å². The maximum atomic E-state index is 13.7. The van der Waals surface area contributed by atoms with Crippen molar-refractivity contribution in [2.24, 2.45) is 5.73 Å². The van der Waals surface area contributed by atoms with Crippen molar-refractivity contribution in [1.29, 1.82) is 0 Å². The first-order valence-electron chi connectivity index (χ1n) is 15.6. The van der Waals surface area contributed by atoms with Gasteiger partial charge >= 0.3 is 5.97 Å². The van der Waals surface area contributed by atoms with Crippen molar-refractivity contribution in [3.8, 4) is 5.75 Å². The fourth-order valence-electron chi connectivity index (χ4n) is 5.88. The maximum absolute atomic E-state index is 13.7. The van der Waals surface area contributed by atoms with Crippen molar-refractivity contribution in [3.05, 3.63) is 125 Å². The quantitative estimate of drug-likeness (QED) is 0.188. The van der Waals surface area contributed by atoms with Crippen LogP contribution in [0.5, 0.6) is 5.75 Å². The summed E-state index contributed by atoms with van der Waals surface area (Å²) in [6.07, 6.45) is 1.96. The summed E-state index contributed by atoms with van der Waals surface area (Å²) in [7, 11) is -2.63. The van der Waals surface area contributed by atoms with Gasteiger partial charge in [0, 0.05) is 43.3 Å². The molecule has 1 aliphatic rings. The van der Waals surface area contributed by atoms with Crippen LogP contribution in [-0.4, -0.2) is 61.5 Å². The molecule has 0 atom stereocenters. The van der Waals surface area contributed by atoms with Gasteiger partial charge in [0.25, 0.3) is 0 Å². The van der Waals surface area contributed by atoms with Crippen LogP contribution in [0.2, 0.25) is 0 Å². The number of carbonyl (C=O) groups is 2. The van der Waals surface area contributed by atoms with Crippen LogP contribution in [0.25, 0.3) is 5.70 Å². The SMILES string of the molecule is C=C(N)c1ccc(N2CCC(c3ccc(CN(C(=O)CN(C)S(=O)(=O)c4ccc(C)cc4)c4ccc(C(=O)O)c(O)c4)cc3)CC2)cc1. The highest BCUT2D eigenvalue weighted by atomic mass is 32.2. The number of carboxylic acid groups (broad SMARTS) is 1. The zero-order valence-electron chi connectivity index (χ0n) is 27.0. The summed E-state index contributed by atoms with van der Waals surface area (Å²) in [4.78, 5) is 29.0. The molecule has 0 saturated carbocycles. The number of rotatable bonds is 11. The number of carboxylic acids is 1. The Morgan fingerprint density at radius 3 is 2.12 bits per heavy atom. The number of nitrogens with zero attached hydrogens (tertiary/aromatic N) is 3.